The van der Waals surface area contributed by atoms with Crippen molar-refractivity contribution in [1.29, 1.82) is 0 Å². The lowest BCUT2D eigenvalue weighted by Crippen LogP contribution is -2.46. The molecule has 0 radical (unpaired) electrons. The van der Waals surface area contributed by atoms with E-state index in [2.05, 4.69) is 10.9 Å². The normalized spacial score (nSPS) is 11.4. The maximum Gasteiger partial charge on any atom is 0.270 e. The molecule has 0 atom stereocenters. The van der Waals surface area contributed by atoms with Crippen LogP contribution < -0.4 is 10.9 Å². The molecule has 2 N–H and O–H groups in total. The van der Waals surface area contributed by atoms with Crippen molar-refractivity contribution in [3.05, 3.63) is 50.7 Å². The van der Waals surface area contributed by atoms with E-state index in [1.807, 2.05) is 6.92 Å². The van der Waals surface area contributed by atoms with Gasteiger partial charge in [-0.1, -0.05) is 11.6 Å². The number of nitrogens with zero attached hydrogens (tertiary/aromatic N) is 1. The van der Waals surface area contributed by atoms with Gasteiger partial charge in [-0.05, 0) is 44.2 Å². The molecule has 7 nitrogen and oxygen atoms in total. The van der Waals surface area contributed by atoms with Crippen LogP contribution in [0.15, 0.2) is 35.2 Å². The number of hydrogen-bond acceptors (Lipinski definition) is 5. The first-order chi connectivity index (χ1) is 12.1. The van der Waals surface area contributed by atoms with Crippen LogP contribution >= 0.6 is 22.9 Å². The number of aryl methyl sites for hydroxylation is 2. The Bertz CT molecular complexity index is 923. The van der Waals surface area contributed by atoms with Crippen LogP contribution in [0.25, 0.3) is 0 Å². The van der Waals surface area contributed by atoms with E-state index < -0.39 is 28.4 Å². The van der Waals surface area contributed by atoms with Crippen LogP contribution in [0.3, 0.4) is 0 Å². The minimum atomic E-state index is -3.84. The van der Waals surface area contributed by atoms with Gasteiger partial charge in [-0.3, -0.25) is 20.4 Å². The SMILES string of the molecule is Cc1cc(C(=O)NNC(=O)CN(C)S(=O)(=O)c2ccc(Cl)cc2)c(C)s1. The highest BCUT2D eigenvalue weighted by Gasteiger charge is 2.23. The molecule has 0 spiro atoms. The van der Waals surface area contributed by atoms with Gasteiger partial charge in [-0.15, -0.1) is 11.3 Å². The van der Waals surface area contributed by atoms with E-state index in [0.29, 0.717) is 10.6 Å². The molecule has 0 saturated carbocycles. The lowest BCUT2D eigenvalue weighted by atomic mass is 10.2. The molecular weight excluding hydrogens is 398 g/mol. The molecule has 0 aliphatic carbocycles. The third-order valence-corrected chi connectivity index (χ3v) is 6.52. The molecule has 0 fully saturated rings. The fourth-order valence-corrected chi connectivity index (χ4v) is 4.34. The molecule has 2 rings (SSSR count). The number of carbonyl (C=O) groups is 2. The summed E-state index contributed by atoms with van der Waals surface area (Å²) in [5.41, 5.74) is 4.97. The summed E-state index contributed by atoms with van der Waals surface area (Å²) in [6.07, 6.45) is 0. The Balaban J connectivity index is 1.95. The molecule has 0 unspecified atom stereocenters. The lowest BCUT2D eigenvalue weighted by molar-refractivity contribution is -0.121. The number of carbonyl (C=O) groups excluding carboxylic acids is 2. The standard InChI is InChI=1S/C16H18ClN3O4S2/c1-10-8-14(11(2)25-10)16(22)19-18-15(21)9-20(3)26(23,24)13-6-4-12(17)5-7-13/h4-8H,9H2,1-3H3,(H,18,21)(H,19,22). The van der Waals surface area contributed by atoms with Crippen molar-refractivity contribution >= 4 is 44.8 Å². The molecule has 1 aromatic carbocycles. The molecular formula is C16H18ClN3O4S2. The molecule has 2 amide bonds. The van der Waals surface area contributed by atoms with Crippen LogP contribution in [0.1, 0.15) is 20.1 Å². The predicted molar refractivity (Wildman–Crippen MR) is 101 cm³/mol. The predicted octanol–water partition coefficient (Wildman–Crippen LogP) is 2.10. The van der Waals surface area contributed by atoms with Gasteiger partial charge in [-0.25, -0.2) is 8.42 Å². The number of amides is 2. The number of halogens is 1. The summed E-state index contributed by atoms with van der Waals surface area (Å²) in [6.45, 7) is 3.23. The molecule has 26 heavy (non-hydrogen) atoms. The smallest absolute Gasteiger partial charge is 0.270 e. The van der Waals surface area contributed by atoms with Crippen molar-refractivity contribution in [3.8, 4) is 0 Å². The minimum Gasteiger partial charge on any atom is -0.272 e. The van der Waals surface area contributed by atoms with Gasteiger partial charge in [-0.2, -0.15) is 4.31 Å². The monoisotopic (exact) mass is 415 g/mol. The van der Waals surface area contributed by atoms with Gasteiger partial charge in [0, 0.05) is 21.8 Å². The number of hydrazine groups is 1. The maximum absolute atomic E-state index is 12.4. The fourth-order valence-electron chi connectivity index (χ4n) is 2.16. The first kappa shape index (κ1) is 20.4. The van der Waals surface area contributed by atoms with Gasteiger partial charge < -0.3 is 0 Å². The Kier molecular flexibility index (Phi) is 6.40. The Morgan fingerprint density at radius 3 is 2.31 bits per heavy atom. The lowest BCUT2D eigenvalue weighted by Gasteiger charge is -2.17. The summed E-state index contributed by atoms with van der Waals surface area (Å²) in [7, 11) is -2.57. The average Bonchev–Trinajstić information content (AvgIpc) is 2.91. The zero-order chi connectivity index (χ0) is 19.5. The van der Waals surface area contributed by atoms with E-state index in [1.165, 1.54) is 42.6 Å². The zero-order valence-electron chi connectivity index (χ0n) is 14.4. The van der Waals surface area contributed by atoms with E-state index >= 15 is 0 Å². The molecule has 0 aliphatic heterocycles. The first-order valence-corrected chi connectivity index (χ1v) is 10.1. The molecule has 2 aromatic rings. The Hall–Kier alpha value is -1.94. The van der Waals surface area contributed by atoms with E-state index in [9.17, 15) is 18.0 Å². The summed E-state index contributed by atoms with van der Waals surface area (Å²) in [5.74, 6) is -1.12. The van der Waals surface area contributed by atoms with Crippen LogP contribution in [-0.4, -0.2) is 38.1 Å². The highest BCUT2D eigenvalue weighted by molar-refractivity contribution is 7.89. The van der Waals surface area contributed by atoms with Gasteiger partial charge in [0.15, 0.2) is 0 Å². The second kappa shape index (κ2) is 8.17. The van der Waals surface area contributed by atoms with E-state index in [4.69, 9.17) is 11.6 Å². The number of thiophene rings is 1. The highest BCUT2D eigenvalue weighted by Crippen LogP contribution is 2.20. The minimum absolute atomic E-state index is 0.0191. The number of nitrogens with one attached hydrogen (secondary N) is 2. The number of likely N-dealkylation sites (N-methyl/N-ethyl adjacent to an activating group) is 1. The molecule has 0 saturated heterocycles. The Morgan fingerprint density at radius 1 is 1.15 bits per heavy atom. The molecule has 1 heterocycles. The van der Waals surface area contributed by atoms with Gasteiger partial charge in [0.2, 0.25) is 10.0 Å². The summed E-state index contributed by atoms with van der Waals surface area (Å²) in [4.78, 5) is 25.8. The van der Waals surface area contributed by atoms with Crippen molar-refractivity contribution < 1.29 is 18.0 Å². The zero-order valence-corrected chi connectivity index (χ0v) is 16.8. The van der Waals surface area contributed by atoms with Gasteiger partial charge in [0.05, 0.1) is 17.0 Å². The number of rotatable bonds is 5. The topological polar surface area (TPSA) is 95.6 Å². The molecule has 0 bridgehead atoms. The summed E-state index contributed by atoms with van der Waals surface area (Å²) in [5, 5.41) is 0.408. The molecule has 10 heteroatoms. The first-order valence-electron chi connectivity index (χ1n) is 7.49. The van der Waals surface area contributed by atoms with E-state index in [1.54, 1.807) is 13.0 Å². The Labute approximate surface area is 161 Å². The second-order valence-corrected chi connectivity index (χ2v) is 9.49. The fraction of sp³-hybridized carbons (Fsp3) is 0.250. The summed E-state index contributed by atoms with van der Waals surface area (Å²) < 4.78 is 25.7. The number of benzene rings is 1. The molecule has 140 valence electrons. The van der Waals surface area contributed by atoms with E-state index in [-0.39, 0.29) is 4.90 Å². The van der Waals surface area contributed by atoms with Gasteiger partial charge in [0.25, 0.3) is 11.8 Å². The second-order valence-electron chi connectivity index (χ2n) is 5.54. The third kappa shape index (κ3) is 4.82. The van der Waals surface area contributed by atoms with Crippen molar-refractivity contribution in [3.63, 3.8) is 0 Å². The maximum atomic E-state index is 12.4. The summed E-state index contributed by atoms with van der Waals surface area (Å²) >= 11 is 7.22. The molecule has 0 aliphatic rings. The van der Waals surface area contributed by atoms with Crippen molar-refractivity contribution in [2.45, 2.75) is 18.7 Å². The quantitative estimate of drug-likeness (QED) is 0.731. The summed E-state index contributed by atoms with van der Waals surface area (Å²) in [6, 6.07) is 7.34. The van der Waals surface area contributed by atoms with Crippen LogP contribution in [-0.2, 0) is 14.8 Å². The Morgan fingerprint density at radius 2 is 1.77 bits per heavy atom. The molecule has 1 aromatic heterocycles. The third-order valence-electron chi connectivity index (χ3n) is 3.49. The number of sulfonamides is 1. The van der Waals surface area contributed by atoms with Gasteiger partial charge >= 0.3 is 0 Å². The van der Waals surface area contributed by atoms with Crippen molar-refractivity contribution in [1.82, 2.24) is 15.2 Å². The van der Waals surface area contributed by atoms with Crippen molar-refractivity contribution in [2.24, 2.45) is 0 Å². The highest BCUT2D eigenvalue weighted by atomic mass is 35.5. The van der Waals surface area contributed by atoms with E-state index in [0.717, 1.165) is 14.1 Å². The number of hydrogen-bond donors (Lipinski definition) is 2. The van der Waals surface area contributed by atoms with Crippen LogP contribution in [0.2, 0.25) is 5.02 Å². The van der Waals surface area contributed by atoms with Crippen molar-refractivity contribution in [2.75, 3.05) is 13.6 Å². The van der Waals surface area contributed by atoms with Crippen LogP contribution in [0.4, 0.5) is 0 Å². The average molecular weight is 416 g/mol. The largest absolute Gasteiger partial charge is 0.272 e. The van der Waals surface area contributed by atoms with Gasteiger partial charge in [0.1, 0.15) is 0 Å². The van der Waals surface area contributed by atoms with Crippen LogP contribution in [0.5, 0.6) is 0 Å². The van der Waals surface area contributed by atoms with Crippen LogP contribution in [0, 0.1) is 13.8 Å².